The van der Waals surface area contributed by atoms with Crippen molar-refractivity contribution in [3.63, 3.8) is 0 Å². The zero-order valence-corrected chi connectivity index (χ0v) is 12.4. The Hall–Kier alpha value is -1.10. The van der Waals surface area contributed by atoms with Crippen molar-refractivity contribution in [1.29, 1.82) is 0 Å². The van der Waals surface area contributed by atoms with Crippen molar-refractivity contribution < 1.29 is 19.4 Å². The number of amides is 1. The number of aliphatic carboxylic acids is 1. The van der Waals surface area contributed by atoms with Crippen LogP contribution >= 0.6 is 0 Å². The van der Waals surface area contributed by atoms with Crippen LogP contribution in [-0.4, -0.2) is 47.7 Å². The Bertz CT molecular complexity index is 380. The van der Waals surface area contributed by atoms with Crippen molar-refractivity contribution in [2.24, 2.45) is 11.3 Å². The highest BCUT2D eigenvalue weighted by Crippen LogP contribution is 2.39. The molecule has 0 aromatic heterocycles. The molecule has 0 aromatic rings. The van der Waals surface area contributed by atoms with E-state index in [4.69, 9.17) is 9.84 Å². The zero-order valence-electron chi connectivity index (χ0n) is 12.4. The van der Waals surface area contributed by atoms with E-state index in [1.165, 1.54) is 6.42 Å². The van der Waals surface area contributed by atoms with Gasteiger partial charge in [-0.05, 0) is 24.7 Å². The minimum atomic E-state index is -0.872. The predicted octanol–water partition coefficient (Wildman–Crippen LogP) is 1.90. The van der Waals surface area contributed by atoms with Gasteiger partial charge in [-0.15, -0.1) is 0 Å². The van der Waals surface area contributed by atoms with Crippen LogP contribution in [0.2, 0.25) is 0 Å². The van der Waals surface area contributed by atoms with E-state index in [9.17, 15) is 9.59 Å². The second-order valence-electron chi connectivity index (χ2n) is 6.83. The fourth-order valence-corrected chi connectivity index (χ4v) is 3.40. The number of morpholine rings is 1. The average molecular weight is 283 g/mol. The molecule has 1 saturated heterocycles. The molecule has 0 bridgehead atoms. The van der Waals surface area contributed by atoms with E-state index >= 15 is 0 Å². The van der Waals surface area contributed by atoms with E-state index in [1.807, 2.05) is 4.90 Å². The minimum absolute atomic E-state index is 0.0278. The van der Waals surface area contributed by atoms with Crippen LogP contribution in [0, 0.1) is 11.3 Å². The number of hydrogen-bond donors (Lipinski definition) is 1. The highest BCUT2D eigenvalue weighted by Gasteiger charge is 2.36. The van der Waals surface area contributed by atoms with Crippen LogP contribution in [-0.2, 0) is 14.3 Å². The van der Waals surface area contributed by atoms with Crippen LogP contribution in [0.3, 0.4) is 0 Å². The quantitative estimate of drug-likeness (QED) is 0.859. The van der Waals surface area contributed by atoms with Crippen molar-refractivity contribution in [2.45, 2.75) is 52.1 Å². The minimum Gasteiger partial charge on any atom is -0.481 e. The molecule has 20 heavy (non-hydrogen) atoms. The van der Waals surface area contributed by atoms with Crippen LogP contribution in [0.25, 0.3) is 0 Å². The van der Waals surface area contributed by atoms with Gasteiger partial charge in [0.15, 0.2) is 0 Å². The van der Waals surface area contributed by atoms with Gasteiger partial charge in [-0.25, -0.2) is 0 Å². The summed E-state index contributed by atoms with van der Waals surface area (Å²) in [5.74, 6) is -0.582. The highest BCUT2D eigenvalue weighted by molar-refractivity contribution is 5.79. The molecule has 1 heterocycles. The lowest BCUT2D eigenvalue weighted by Crippen LogP contribution is -2.49. The maximum Gasteiger partial charge on any atom is 0.306 e. The van der Waals surface area contributed by atoms with E-state index in [2.05, 4.69) is 13.8 Å². The number of rotatable bonds is 3. The summed E-state index contributed by atoms with van der Waals surface area (Å²) in [6.45, 7) is 5.89. The van der Waals surface area contributed by atoms with Gasteiger partial charge in [0.2, 0.25) is 5.91 Å². The van der Waals surface area contributed by atoms with E-state index in [0.717, 1.165) is 19.3 Å². The lowest BCUT2D eigenvalue weighted by Gasteiger charge is -2.39. The van der Waals surface area contributed by atoms with Crippen molar-refractivity contribution >= 4 is 11.9 Å². The third-order valence-electron chi connectivity index (χ3n) is 4.41. The molecule has 2 aliphatic rings. The fraction of sp³-hybridized carbons (Fsp3) is 0.867. The molecular weight excluding hydrogens is 258 g/mol. The van der Waals surface area contributed by atoms with Gasteiger partial charge < -0.3 is 14.7 Å². The standard InChI is InChI=1S/C15H25NO4/c1-15(2)5-3-4-11(9-15)14(19)16-6-7-20-12(10-16)8-13(17)18/h11-12H,3-10H2,1-2H3,(H,17,18). The van der Waals surface area contributed by atoms with Gasteiger partial charge in [-0.2, -0.15) is 0 Å². The topological polar surface area (TPSA) is 66.8 Å². The van der Waals surface area contributed by atoms with Gasteiger partial charge in [0, 0.05) is 19.0 Å². The molecule has 1 amide bonds. The molecule has 2 atom stereocenters. The van der Waals surface area contributed by atoms with Gasteiger partial charge in [0.05, 0.1) is 19.1 Å². The molecule has 1 saturated carbocycles. The van der Waals surface area contributed by atoms with Gasteiger partial charge in [0.25, 0.3) is 0 Å². The van der Waals surface area contributed by atoms with Crippen molar-refractivity contribution in [2.75, 3.05) is 19.7 Å². The van der Waals surface area contributed by atoms with E-state index in [-0.39, 0.29) is 29.8 Å². The maximum absolute atomic E-state index is 12.6. The monoisotopic (exact) mass is 283 g/mol. The predicted molar refractivity (Wildman–Crippen MR) is 74.3 cm³/mol. The molecule has 1 aliphatic carbocycles. The summed E-state index contributed by atoms with van der Waals surface area (Å²) in [5, 5.41) is 8.82. The van der Waals surface area contributed by atoms with Gasteiger partial charge in [-0.1, -0.05) is 20.3 Å². The summed E-state index contributed by atoms with van der Waals surface area (Å²) in [5.41, 5.74) is 0.241. The van der Waals surface area contributed by atoms with Crippen LogP contribution in [0.5, 0.6) is 0 Å². The van der Waals surface area contributed by atoms with Crippen molar-refractivity contribution in [3.05, 3.63) is 0 Å². The first-order valence-corrected chi connectivity index (χ1v) is 7.49. The number of ether oxygens (including phenoxy) is 1. The number of carboxylic acid groups (broad SMARTS) is 1. The number of carboxylic acids is 1. The lowest BCUT2D eigenvalue weighted by molar-refractivity contribution is -0.151. The summed E-state index contributed by atoms with van der Waals surface area (Å²) in [6.07, 6.45) is 3.80. The molecule has 0 radical (unpaired) electrons. The van der Waals surface area contributed by atoms with E-state index < -0.39 is 5.97 Å². The second kappa shape index (κ2) is 6.12. The number of carbonyl (C=O) groups excluding carboxylic acids is 1. The number of hydrogen-bond acceptors (Lipinski definition) is 3. The van der Waals surface area contributed by atoms with Gasteiger partial charge in [0.1, 0.15) is 0 Å². The summed E-state index contributed by atoms with van der Waals surface area (Å²) >= 11 is 0. The van der Waals surface area contributed by atoms with Crippen molar-refractivity contribution in [3.8, 4) is 0 Å². The molecule has 2 rings (SSSR count). The lowest BCUT2D eigenvalue weighted by atomic mass is 9.72. The zero-order chi connectivity index (χ0) is 14.8. The van der Waals surface area contributed by atoms with Gasteiger partial charge in [-0.3, -0.25) is 9.59 Å². The third kappa shape index (κ3) is 3.95. The molecule has 5 heteroatoms. The van der Waals surface area contributed by atoms with Crippen LogP contribution < -0.4 is 0 Å². The smallest absolute Gasteiger partial charge is 0.306 e. The first kappa shape index (κ1) is 15.3. The Labute approximate surface area is 120 Å². The van der Waals surface area contributed by atoms with Crippen LogP contribution in [0.1, 0.15) is 46.0 Å². The Kier molecular flexibility index (Phi) is 4.68. The fourth-order valence-electron chi connectivity index (χ4n) is 3.40. The van der Waals surface area contributed by atoms with Crippen LogP contribution in [0.15, 0.2) is 0 Å². The summed E-state index contributed by atoms with van der Waals surface area (Å²) in [4.78, 5) is 25.2. The molecule has 2 fully saturated rings. The Morgan fingerprint density at radius 1 is 1.40 bits per heavy atom. The Morgan fingerprint density at radius 2 is 2.15 bits per heavy atom. The third-order valence-corrected chi connectivity index (χ3v) is 4.41. The molecule has 5 nitrogen and oxygen atoms in total. The first-order valence-electron chi connectivity index (χ1n) is 7.49. The molecule has 114 valence electrons. The molecule has 0 spiro atoms. The van der Waals surface area contributed by atoms with Crippen molar-refractivity contribution in [1.82, 2.24) is 4.90 Å². The number of carbonyl (C=O) groups is 2. The molecule has 1 aliphatic heterocycles. The summed E-state index contributed by atoms with van der Waals surface area (Å²) in [6, 6.07) is 0. The van der Waals surface area contributed by atoms with Crippen LogP contribution in [0.4, 0.5) is 0 Å². The second-order valence-corrected chi connectivity index (χ2v) is 6.83. The summed E-state index contributed by atoms with van der Waals surface area (Å²) in [7, 11) is 0. The Morgan fingerprint density at radius 3 is 2.80 bits per heavy atom. The molecule has 1 N–H and O–H groups in total. The molecule has 0 aromatic carbocycles. The first-order chi connectivity index (χ1) is 9.37. The normalized spacial score (nSPS) is 30.0. The maximum atomic E-state index is 12.6. The summed E-state index contributed by atoms with van der Waals surface area (Å²) < 4.78 is 5.42. The SMILES string of the molecule is CC1(C)CCCC(C(=O)N2CCOC(CC(=O)O)C2)C1. The van der Waals surface area contributed by atoms with Gasteiger partial charge >= 0.3 is 5.97 Å². The van der Waals surface area contributed by atoms with E-state index in [1.54, 1.807) is 0 Å². The molecule has 2 unspecified atom stereocenters. The number of nitrogens with zero attached hydrogens (tertiary/aromatic N) is 1. The largest absolute Gasteiger partial charge is 0.481 e. The average Bonchev–Trinajstić information content (AvgIpc) is 2.36. The molecular formula is C15H25NO4. The Balaban J connectivity index is 1.93. The highest BCUT2D eigenvalue weighted by atomic mass is 16.5. The van der Waals surface area contributed by atoms with E-state index in [0.29, 0.717) is 19.7 Å².